The summed E-state index contributed by atoms with van der Waals surface area (Å²) in [5, 5.41) is 0. The molecule has 2 heterocycles. The molecule has 1 saturated carbocycles. The summed E-state index contributed by atoms with van der Waals surface area (Å²) in [6, 6.07) is 0.358. The van der Waals surface area contributed by atoms with Crippen LogP contribution >= 0.6 is 0 Å². The number of fused-ring (bicyclic) bond motifs is 1. The third-order valence-electron chi connectivity index (χ3n) is 4.95. The van der Waals surface area contributed by atoms with Crippen molar-refractivity contribution < 1.29 is 9.53 Å². The molecule has 3 aliphatic rings. The van der Waals surface area contributed by atoms with Crippen LogP contribution in [0, 0.1) is 17.8 Å². The van der Waals surface area contributed by atoms with E-state index in [0.29, 0.717) is 30.4 Å². The zero-order valence-electron chi connectivity index (χ0n) is 11.2. The van der Waals surface area contributed by atoms with Gasteiger partial charge in [-0.1, -0.05) is 0 Å². The van der Waals surface area contributed by atoms with Crippen molar-refractivity contribution in [3.63, 3.8) is 0 Å². The number of nitrogens with zero attached hydrogens (tertiary/aromatic N) is 1. The first-order chi connectivity index (χ1) is 8.63. The zero-order chi connectivity index (χ0) is 12.7. The summed E-state index contributed by atoms with van der Waals surface area (Å²) in [6.07, 6.45) is 4.58. The molecule has 0 radical (unpaired) electrons. The number of hydrogen-bond acceptors (Lipinski definition) is 3. The van der Waals surface area contributed by atoms with Gasteiger partial charge in [-0.25, -0.2) is 0 Å². The maximum absolute atomic E-state index is 12.4. The maximum Gasteiger partial charge on any atom is 0.228 e. The molecule has 0 bridgehead atoms. The SMILES string of the molecule is CC1CC(C(=O)N2C[C@H]3CCC(N)C[C@H]3C2)CO1. The van der Waals surface area contributed by atoms with Gasteiger partial charge >= 0.3 is 0 Å². The molecule has 3 rings (SSSR count). The summed E-state index contributed by atoms with van der Waals surface area (Å²) >= 11 is 0. The van der Waals surface area contributed by atoms with Gasteiger partial charge in [-0.3, -0.25) is 4.79 Å². The second kappa shape index (κ2) is 4.82. The van der Waals surface area contributed by atoms with Crippen LogP contribution in [0.25, 0.3) is 0 Å². The predicted molar refractivity (Wildman–Crippen MR) is 68.9 cm³/mol. The fourth-order valence-corrected chi connectivity index (χ4v) is 3.90. The van der Waals surface area contributed by atoms with E-state index in [-0.39, 0.29) is 12.0 Å². The number of carbonyl (C=O) groups is 1. The number of amides is 1. The first-order valence-corrected chi connectivity index (χ1v) is 7.29. The molecule has 1 aliphatic carbocycles. The Hall–Kier alpha value is -0.610. The third kappa shape index (κ3) is 2.28. The molecular weight excluding hydrogens is 228 g/mol. The Morgan fingerprint density at radius 1 is 1.22 bits per heavy atom. The van der Waals surface area contributed by atoms with Crippen LogP contribution < -0.4 is 5.73 Å². The molecule has 4 heteroatoms. The van der Waals surface area contributed by atoms with Crippen molar-refractivity contribution in [3.8, 4) is 0 Å². The molecule has 0 aromatic rings. The van der Waals surface area contributed by atoms with E-state index >= 15 is 0 Å². The predicted octanol–water partition coefficient (Wildman–Crippen LogP) is 0.997. The van der Waals surface area contributed by atoms with Crippen LogP contribution in [0.2, 0.25) is 0 Å². The number of hydrogen-bond donors (Lipinski definition) is 1. The molecule has 2 aliphatic heterocycles. The molecule has 18 heavy (non-hydrogen) atoms. The van der Waals surface area contributed by atoms with Gasteiger partial charge in [-0.2, -0.15) is 0 Å². The minimum Gasteiger partial charge on any atom is -0.378 e. The van der Waals surface area contributed by atoms with E-state index in [1.165, 1.54) is 6.42 Å². The second-order valence-electron chi connectivity index (χ2n) is 6.41. The number of nitrogens with two attached hydrogens (primary N) is 1. The molecule has 2 N–H and O–H groups in total. The average molecular weight is 252 g/mol. The number of carbonyl (C=O) groups excluding carboxylic acids is 1. The first-order valence-electron chi connectivity index (χ1n) is 7.29. The van der Waals surface area contributed by atoms with Crippen LogP contribution in [0.5, 0.6) is 0 Å². The van der Waals surface area contributed by atoms with Crippen molar-refractivity contribution in [3.05, 3.63) is 0 Å². The van der Waals surface area contributed by atoms with Crippen LogP contribution in [0.3, 0.4) is 0 Å². The van der Waals surface area contributed by atoms with Crippen molar-refractivity contribution >= 4 is 5.91 Å². The summed E-state index contributed by atoms with van der Waals surface area (Å²) < 4.78 is 5.51. The van der Waals surface area contributed by atoms with Gasteiger partial charge in [0.25, 0.3) is 0 Å². The molecule has 4 nitrogen and oxygen atoms in total. The number of rotatable bonds is 1. The fourth-order valence-electron chi connectivity index (χ4n) is 3.90. The highest BCUT2D eigenvalue weighted by Crippen LogP contribution is 2.36. The minimum absolute atomic E-state index is 0.105. The first kappa shape index (κ1) is 12.4. The van der Waals surface area contributed by atoms with Crippen LogP contribution in [-0.4, -0.2) is 42.6 Å². The Morgan fingerprint density at radius 2 is 2.00 bits per heavy atom. The standard InChI is InChI=1S/C14H24N2O2/c1-9-4-12(8-18-9)14(17)16-6-10-2-3-13(15)5-11(10)7-16/h9-13H,2-8,15H2,1H3/t9?,10-,11+,12?,13?/m1/s1. The summed E-state index contributed by atoms with van der Waals surface area (Å²) in [4.78, 5) is 14.5. The Bertz CT molecular complexity index is 334. The van der Waals surface area contributed by atoms with Gasteiger partial charge in [0, 0.05) is 19.1 Å². The minimum atomic E-state index is 0.105. The molecule has 0 aromatic heterocycles. The molecule has 3 fully saturated rings. The Morgan fingerprint density at radius 3 is 2.72 bits per heavy atom. The van der Waals surface area contributed by atoms with Crippen LogP contribution in [0.1, 0.15) is 32.6 Å². The van der Waals surface area contributed by atoms with Crippen LogP contribution in [-0.2, 0) is 9.53 Å². The molecule has 2 saturated heterocycles. The van der Waals surface area contributed by atoms with Crippen LogP contribution in [0.4, 0.5) is 0 Å². The van der Waals surface area contributed by atoms with Crippen molar-refractivity contribution in [2.45, 2.75) is 44.8 Å². The molecule has 3 unspecified atom stereocenters. The average Bonchev–Trinajstić information content (AvgIpc) is 2.93. The van der Waals surface area contributed by atoms with Gasteiger partial charge in [0.2, 0.25) is 5.91 Å². The summed E-state index contributed by atoms with van der Waals surface area (Å²) in [7, 11) is 0. The van der Waals surface area contributed by atoms with E-state index in [1.54, 1.807) is 0 Å². The lowest BCUT2D eigenvalue weighted by atomic mass is 9.79. The highest BCUT2D eigenvalue weighted by Gasteiger charge is 2.41. The van der Waals surface area contributed by atoms with Crippen molar-refractivity contribution in [2.75, 3.05) is 19.7 Å². The second-order valence-corrected chi connectivity index (χ2v) is 6.41. The molecule has 5 atom stereocenters. The van der Waals surface area contributed by atoms with E-state index in [0.717, 1.165) is 32.4 Å². The normalized spacial score (nSPS) is 44.1. The molecule has 0 aromatic carbocycles. The summed E-state index contributed by atoms with van der Waals surface area (Å²) in [5.74, 6) is 1.78. The highest BCUT2D eigenvalue weighted by atomic mass is 16.5. The Labute approximate surface area is 109 Å². The molecule has 102 valence electrons. The number of likely N-dealkylation sites (tertiary alicyclic amines) is 1. The van der Waals surface area contributed by atoms with Gasteiger partial charge in [0.1, 0.15) is 0 Å². The fraction of sp³-hybridized carbons (Fsp3) is 0.929. The largest absolute Gasteiger partial charge is 0.378 e. The van der Waals surface area contributed by atoms with E-state index in [1.807, 2.05) is 0 Å². The van der Waals surface area contributed by atoms with Gasteiger partial charge in [0.05, 0.1) is 18.6 Å². The monoisotopic (exact) mass is 252 g/mol. The summed E-state index contributed by atoms with van der Waals surface area (Å²) in [6.45, 7) is 4.56. The van der Waals surface area contributed by atoms with Gasteiger partial charge in [0.15, 0.2) is 0 Å². The Kier molecular flexibility index (Phi) is 3.32. The zero-order valence-corrected chi connectivity index (χ0v) is 11.2. The lowest BCUT2D eigenvalue weighted by molar-refractivity contribution is -0.134. The number of ether oxygens (including phenoxy) is 1. The maximum atomic E-state index is 12.4. The molecular formula is C14H24N2O2. The third-order valence-corrected chi connectivity index (χ3v) is 4.95. The van der Waals surface area contributed by atoms with Crippen molar-refractivity contribution in [1.29, 1.82) is 0 Å². The lowest BCUT2D eigenvalue weighted by Crippen LogP contribution is -2.35. The Balaban J connectivity index is 1.59. The topological polar surface area (TPSA) is 55.6 Å². The highest BCUT2D eigenvalue weighted by molar-refractivity contribution is 5.79. The smallest absolute Gasteiger partial charge is 0.228 e. The lowest BCUT2D eigenvalue weighted by Gasteiger charge is -2.27. The quantitative estimate of drug-likeness (QED) is 0.757. The molecule has 0 spiro atoms. The van der Waals surface area contributed by atoms with Gasteiger partial charge < -0.3 is 15.4 Å². The van der Waals surface area contributed by atoms with Gasteiger partial charge in [-0.15, -0.1) is 0 Å². The van der Waals surface area contributed by atoms with E-state index in [4.69, 9.17) is 10.5 Å². The van der Waals surface area contributed by atoms with E-state index in [2.05, 4.69) is 11.8 Å². The van der Waals surface area contributed by atoms with Crippen molar-refractivity contribution in [1.82, 2.24) is 4.90 Å². The van der Waals surface area contributed by atoms with E-state index < -0.39 is 0 Å². The van der Waals surface area contributed by atoms with Gasteiger partial charge in [-0.05, 0) is 44.4 Å². The van der Waals surface area contributed by atoms with Crippen LogP contribution in [0.15, 0.2) is 0 Å². The molecule has 1 amide bonds. The van der Waals surface area contributed by atoms with E-state index in [9.17, 15) is 4.79 Å². The summed E-state index contributed by atoms with van der Waals surface area (Å²) in [5.41, 5.74) is 6.03. The van der Waals surface area contributed by atoms with Crippen molar-refractivity contribution in [2.24, 2.45) is 23.5 Å².